The monoisotopic (exact) mass is 313 g/mol. The summed E-state index contributed by atoms with van der Waals surface area (Å²) in [7, 11) is 0. The zero-order valence-corrected chi connectivity index (χ0v) is 12.2. The van der Waals surface area contributed by atoms with Crippen LogP contribution in [0.4, 0.5) is 13.2 Å². The van der Waals surface area contributed by atoms with E-state index < -0.39 is 17.5 Å². The first kappa shape index (κ1) is 15.9. The Morgan fingerprint density at radius 3 is 2.48 bits per heavy atom. The molecular weight excluding hydrogens is 299 g/mol. The predicted molar refractivity (Wildman–Crippen MR) is 77.9 cm³/mol. The Kier molecular flexibility index (Phi) is 5.26. The molecule has 0 saturated heterocycles. The Bertz CT molecular complexity index is 631. The summed E-state index contributed by atoms with van der Waals surface area (Å²) in [5.74, 6) is -2.28. The number of hydrogen-bond donors (Lipinski definition) is 1. The minimum atomic E-state index is -0.895. The van der Waals surface area contributed by atoms with Gasteiger partial charge in [-0.15, -0.1) is 0 Å². The van der Waals surface area contributed by atoms with E-state index in [0.717, 1.165) is 12.1 Å². The smallest absolute Gasteiger partial charge is 0.159 e. The van der Waals surface area contributed by atoms with Crippen molar-refractivity contribution in [2.75, 3.05) is 6.54 Å². The zero-order chi connectivity index (χ0) is 15.4. The lowest BCUT2D eigenvalue weighted by molar-refractivity contribution is 0.502. The molecule has 5 heteroatoms. The Morgan fingerprint density at radius 2 is 1.81 bits per heavy atom. The topological polar surface area (TPSA) is 12.0 Å². The van der Waals surface area contributed by atoms with Gasteiger partial charge in [-0.25, -0.2) is 13.2 Å². The number of likely N-dealkylation sites (N-methyl/N-ethyl adjacent to an activating group) is 1. The van der Waals surface area contributed by atoms with Crippen LogP contribution in [0.5, 0.6) is 0 Å². The van der Waals surface area contributed by atoms with Crippen LogP contribution >= 0.6 is 11.6 Å². The molecule has 2 aromatic rings. The van der Waals surface area contributed by atoms with E-state index in [1.54, 1.807) is 12.1 Å². The molecule has 1 unspecified atom stereocenters. The Balaban J connectivity index is 2.30. The summed E-state index contributed by atoms with van der Waals surface area (Å²) in [6.45, 7) is 2.55. The maximum absolute atomic E-state index is 13.6. The van der Waals surface area contributed by atoms with Gasteiger partial charge in [-0.1, -0.05) is 36.7 Å². The molecule has 2 rings (SSSR count). The molecule has 0 aromatic heterocycles. The third-order valence-electron chi connectivity index (χ3n) is 3.23. The van der Waals surface area contributed by atoms with Crippen LogP contribution in [0.25, 0.3) is 0 Å². The van der Waals surface area contributed by atoms with Crippen LogP contribution in [0.2, 0.25) is 5.02 Å². The molecule has 1 nitrogen and oxygen atoms in total. The van der Waals surface area contributed by atoms with E-state index in [1.165, 1.54) is 12.1 Å². The van der Waals surface area contributed by atoms with Gasteiger partial charge < -0.3 is 5.32 Å². The second kappa shape index (κ2) is 6.96. The van der Waals surface area contributed by atoms with Crippen LogP contribution in [0, 0.1) is 17.5 Å². The summed E-state index contributed by atoms with van der Waals surface area (Å²) in [4.78, 5) is 0. The highest BCUT2D eigenvalue weighted by Crippen LogP contribution is 2.28. The zero-order valence-electron chi connectivity index (χ0n) is 11.5. The number of rotatable bonds is 5. The van der Waals surface area contributed by atoms with Gasteiger partial charge in [0.15, 0.2) is 11.6 Å². The van der Waals surface area contributed by atoms with Crippen molar-refractivity contribution in [3.8, 4) is 0 Å². The van der Waals surface area contributed by atoms with Crippen LogP contribution in [-0.2, 0) is 6.42 Å². The van der Waals surface area contributed by atoms with E-state index in [2.05, 4.69) is 5.32 Å². The molecule has 0 saturated carbocycles. The highest BCUT2D eigenvalue weighted by atomic mass is 35.5. The Morgan fingerprint density at radius 1 is 1.05 bits per heavy atom. The molecule has 0 aliphatic rings. The van der Waals surface area contributed by atoms with E-state index in [-0.39, 0.29) is 11.1 Å². The van der Waals surface area contributed by atoms with Gasteiger partial charge >= 0.3 is 0 Å². The number of hydrogen-bond acceptors (Lipinski definition) is 1. The summed E-state index contributed by atoms with van der Waals surface area (Å²) in [5, 5.41) is 3.23. The lowest BCUT2D eigenvalue weighted by atomic mass is 9.98. The fraction of sp³-hybridized carbons (Fsp3) is 0.250. The summed E-state index contributed by atoms with van der Waals surface area (Å²) >= 11 is 6.00. The highest BCUT2D eigenvalue weighted by molar-refractivity contribution is 6.31. The third kappa shape index (κ3) is 3.77. The molecule has 112 valence electrons. The van der Waals surface area contributed by atoms with Crippen LogP contribution in [0.15, 0.2) is 36.4 Å². The average molecular weight is 314 g/mol. The van der Waals surface area contributed by atoms with Crippen molar-refractivity contribution in [2.24, 2.45) is 0 Å². The summed E-state index contributed by atoms with van der Waals surface area (Å²) < 4.78 is 39.8. The lowest BCUT2D eigenvalue weighted by Crippen LogP contribution is -2.23. The SMILES string of the molecule is CCNC(Cc1ccc(F)c(F)c1)c1cccc(F)c1Cl. The van der Waals surface area contributed by atoms with Crippen LogP contribution < -0.4 is 5.32 Å². The van der Waals surface area contributed by atoms with Gasteiger partial charge in [0.05, 0.1) is 5.02 Å². The molecule has 21 heavy (non-hydrogen) atoms. The van der Waals surface area contributed by atoms with Gasteiger partial charge in [0, 0.05) is 6.04 Å². The fourth-order valence-electron chi connectivity index (χ4n) is 2.23. The van der Waals surface area contributed by atoms with Gasteiger partial charge in [-0.05, 0) is 42.3 Å². The van der Waals surface area contributed by atoms with E-state index in [9.17, 15) is 13.2 Å². The van der Waals surface area contributed by atoms with Gasteiger partial charge in [0.25, 0.3) is 0 Å². The van der Waals surface area contributed by atoms with Crippen molar-refractivity contribution >= 4 is 11.6 Å². The molecule has 0 bridgehead atoms. The van der Waals surface area contributed by atoms with Crippen molar-refractivity contribution in [2.45, 2.75) is 19.4 Å². The van der Waals surface area contributed by atoms with Gasteiger partial charge in [0.2, 0.25) is 0 Å². The van der Waals surface area contributed by atoms with Crippen molar-refractivity contribution < 1.29 is 13.2 Å². The summed E-state index contributed by atoms with van der Waals surface area (Å²) in [6.07, 6.45) is 0.383. The maximum Gasteiger partial charge on any atom is 0.159 e. The summed E-state index contributed by atoms with van der Waals surface area (Å²) in [6, 6.07) is 8.05. The molecule has 0 aliphatic heterocycles. The van der Waals surface area contributed by atoms with Crippen molar-refractivity contribution in [3.63, 3.8) is 0 Å². The first-order valence-corrected chi connectivity index (χ1v) is 7.02. The molecule has 0 fully saturated rings. The molecule has 0 radical (unpaired) electrons. The third-order valence-corrected chi connectivity index (χ3v) is 3.63. The molecule has 0 spiro atoms. The molecule has 0 aliphatic carbocycles. The molecule has 1 atom stereocenters. The quantitative estimate of drug-likeness (QED) is 0.847. The van der Waals surface area contributed by atoms with Crippen LogP contribution in [0.1, 0.15) is 24.1 Å². The standard InChI is InChI=1S/C16H15ClF3N/c1-2-21-15(11-4-3-5-13(19)16(11)17)9-10-6-7-12(18)14(20)8-10/h3-8,15,21H,2,9H2,1H3. The highest BCUT2D eigenvalue weighted by Gasteiger charge is 2.17. The number of nitrogens with one attached hydrogen (secondary N) is 1. The van der Waals surface area contributed by atoms with E-state index in [0.29, 0.717) is 24.1 Å². The Labute approximate surface area is 126 Å². The van der Waals surface area contributed by atoms with Crippen LogP contribution in [0.3, 0.4) is 0 Å². The van der Waals surface area contributed by atoms with Gasteiger partial charge in [0.1, 0.15) is 5.82 Å². The molecule has 1 N–H and O–H groups in total. The maximum atomic E-state index is 13.6. The van der Waals surface area contributed by atoms with Crippen molar-refractivity contribution in [3.05, 3.63) is 70.0 Å². The van der Waals surface area contributed by atoms with Gasteiger partial charge in [-0.2, -0.15) is 0 Å². The van der Waals surface area contributed by atoms with E-state index in [4.69, 9.17) is 11.6 Å². The molecular formula is C16H15ClF3N. The lowest BCUT2D eigenvalue weighted by Gasteiger charge is -2.20. The van der Waals surface area contributed by atoms with Crippen molar-refractivity contribution in [1.29, 1.82) is 0 Å². The largest absolute Gasteiger partial charge is 0.310 e. The molecule has 2 aromatic carbocycles. The second-order valence-corrected chi connectivity index (χ2v) is 5.08. The fourth-order valence-corrected chi connectivity index (χ4v) is 2.49. The first-order valence-electron chi connectivity index (χ1n) is 6.64. The normalized spacial score (nSPS) is 12.4. The average Bonchev–Trinajstić information content (AvgIpc) is 2.45. The second-order valence-electron chi connectivity index (χ2n) is 4.71. The number of benzene rings is 2. The predicted octanol–water partition coefficient (Wildman–Crippen LogP) is 4.65. The summed E-state index contributed by atoms with van der Waals surface area (Å²) in [5.41, 5.74) is 1.21. The molecule has 0 heterocycles. The Hall–Kier alpha value is -1.52. The number of halogens is 4. The minimum Gasteiger partial charge on any atom is -0.310 e. The van der Waals surface area contributed by atoms with E-state index >= 15 is 0 Å². The van der Waals surface area contributed by atoms with E-state index in [1.807, 2.05) is 6.92 Å². The van der Waals surface area contributed by atoms with Gasteiger partial charge in [-0.3, -0.25) is 0 Å². The van der Waals surface area contributed by atoms with Crippen LogP contribution in [-0.4, -0.2) is 6.54 Å². The molecule has 0 amide bonds. The minimum absolute atomic E-state index is 0.0473. The van der Waals surface area contributed by atoms with Crippen molar-refractivity contribution in [1.82, 2.24) is 5.32 Å². The first-order chi connectivity index (χ1) is 10.0.